The van der Waals surface area contributed by atoms with E-state index < -0.39 is 0 Å². The normalized spacial score (nSPS) is 12.6. The van der Waals surface area contributed by atoms with E-state index in [-0.39, 0.29) is 5.92 Å². The number of nitrogens with zero attached hydrogens (tertiary/aromatic N) is 4. The van der Waals surface area contributed by atoms with Crippen molar-refractivity contribution < 1.29 is 0 Å². The van der Waals surface area contributed by atoms with Gasteiger partial charge in [0.1, 0.15) is 0 Å². The van der Waals surface area contributed by atoms with Crippen LogP contribution in [0.1, 0.15) is 17.2 Å². The van der Waals surface area contributed by atoms with Gasteiger partial charge in [0, 0.05) is 17.7 Å². The van der Waals surface area contributed by atoms with Gasteiger partial charge >= 0.3 is 0 Å². The predicted octanol–water partition coefficient (Wildman–Crippen LogP) is 2.01. The lowest BCUT2D eigenvalue weighted by atomic mass is 10.1. The number of aromatic nitrogens is 3. The maximum absolute atomic E-state index is 4.57. The molecule has 2 rings (SSSR count). The summed E-state index contributed by atoms with van der Waals surface area (Å²) in [5.74, 6) is 0.122. The van der Waals surface area contributed by atoms with Crippen molar-refractivity contribution in [1.29, 1.82) is 0 Å². The maximum atomic E-state index is 4.57. The van der Waals surface area contributed by atoms with Gasteiger partial charge in [-0.3, -0.25) is 4.99 Å². The largest absolute Gasteiger partial charge is 0.300 e. The zero-order chi connectivity index (χ0) is 11.5. The molecule has 0 bridgehead atoms. The van der Waals surface area contributed by atoms with Gasteiger partial charge in [0.2, 0.25) is 0 Å². The monoisotopic (exact) mass is 214 g/mol. The van der Waals surface area contributed by atoms with Crippen LogP contribution in [0.25, 0.3) is 5.65 Å². The van der Waals surface area contributed by atoms with E-state index in [9.17, 15) is 0 Å². The molecule has 0 amide bonds. The minimum Gasteiger partial charge on any atom is -0.300 e. The van der Waals surface area contributed by atoms with Crippen LogP contribution in [-0.4, -0.2) is 27.9 Å². The topological polar surface area (TPSA) is 42.5 Å². The molecule has 2 aromatic rings. The van der Waals surface area contributed by atoms with E-state index in [1.807, 2.05) is 25.3 Å². The zero-order valence-electron chi connectivity index (χ0n) is 9.30. The second-order valence-electron chi connectivity index (χ2n) is 3.70. The number of hydrogen-bond donors (Lipinski definition) is 0. The lowest BCUT2D eigenvalue weighted by Crippen LogP contribution is -2.04. The number of fused-ring (bicyclic) bond motifs is 1. The first kappa shape index (κ1) is 10.5. The third-order valence-corrected chi connectivity index (χ3v) is 2.56. The molecule has 0 aromatic carbocycles. The Morgan fingerprint density at radius 1 is 1.62 bits per heavy atom. The van der Waals surface area contributed by atoms with Crippen molar-refractivity contribution in [3.8, 4) is 0 Å². The van der Waals surface area contributed by atoms with Crippen LogP contribution in [0, 0.1) is 6.92 Å². The van der Waals surface area contributed by atoms with E-state index in [0.717, 1.165) is 16.9 Å². The van der Waals surface area contributed by atoms with E-state index in [0.29, 0.717) is 6.54 Å². The highest BCUT2D eigenvalue weighted by Gasteiger charge is 2.10. The molecule has 4 heteroatoms. The highest BCUT2D eigenvalue weighted by atomic mass is 15.2. The van der Waals surface area contributed by atoms with Gasteiger partial charge in [-0.1, -0.05) is 6.08 Å². The summed E-state index contributed by atoms with van der Waals surface area (Å²) in [6.07, 6.45) is 5.56. The van der Waals surface area contributed by atoms with E-state index in [2.05, 4.69) is 28.4 Å². The molecule has 2 heterocycles. The number of aryl methyl sites for hydroxylation is 1. The van der Waals surface area contributed by atoms with Crippen molar-refractivity contribution in [2.24, 2.45) is 4.99 Å². The average molecular weight is 214 g/mol. The van der Waals surface area contributed by atoms with E-state index in [1.165, 1.54) is 0 Å². The third-order valence-electron chi connectivity index (χ3n) is 2.56. The Bertz CT molecular complexity index is 527. The van der Waals surface area contributed by atoms with E-state index in [1.54, 1.807) is 10.7 Å². The second kappa shape index (κ2) is 4.26. The van der Waals surface area contributed by atoms with Crippen molar-refractivity contribution in [2.75, 3.05) is 6.54 Å². The molecule has 16 heavy (non-hydrogen) atoms. The van der Waals surface area contributed by atoms with Crippen LogP contribution in [-0.2, 0) is 0 Å². The Labute approximate surface area is 94.4 Å². The van der Waals surface area contributed by atoms with Gasteiger partial charge in [-0.15, -0.1) is 6.58 Å². The summed E-state index contributed by atoms with van der Waals surface area (Å²) >= 11 is 0. The third kappa shape index (κ3) is 1.74. The molecule has 2 aromatic heterocycles. The highest BCUT2D eigenvalue weighted by molar-refractivity contribution is 5.46. The Morgan fingerprint density at radius 3 is 3.12 bits per heavy atom. The van der Waals surface area contributed by atoms with Crippen LogP contribution in [0.3, 0.4) is 0 Å². The molecule has 1 unspecified atom stereocenters. The van der Waals surface area contributed by atoms with Crippen LogP contribution >= 0.6 is 0 Å². The van der Waals surface area contributed by atoms with Crippen molar-refractivity contribution in [1.82, 2.24) is 14.6 Å². The van der Waals surface area contributed by atoms with E-state index >= 15 is 0 Å². The van der Waals surface area contributed by atoms with Gasteiger partial charge in [-0.25, -0.2) is 9.50 Å². The van der Waals surface area contributed by atoms with Gasteiger partial charge < -0.3 is 0 Å². The molecule has 0 aliphatic heterocycles. The molecule has 0 spiro atoms. The fourth-order valence-electron chi connectivity index (χ4n) is 1.63. The maximum Gasteiger partial charge on any atom is 0.158 e. The fourth-order valence-corrected chi connectivity index (χ4v) is 1.63. The SMILES string of the molecule is C=CC(CN=C)c1ccn2ncc(C)c2n1. The van der Waals surface area contributed by atoms with Gasteiger partial charge in [-0.2, -0.15) is 5.10 Å². The van der Waals surface area contributed by atoms with Gasteiger partial charge in [0.05, 0.1) is 18.4 Å². The van der Waals surface area contributed by atoms with Gasteiger partial charge in [-0.05, 0) is 19.7 Å². The summed E-state index contributed by atoms with van der Waals surface area (Å²) in [4.78, 5) is 8.46. The van der Waals surface area contributed by atoms with Crippen LogP contribution in [0.15, 0.2) is 36.1 Å². The summed E-state index contributed by atoms with van der Waals surface area (Å²) in [5, 5.41) is 4.18. The molecule has 0 saturated heterocycles. The molecule has 82 valence electrons. The number of hydrogen-bond acceptors (Lipinski definition) is 3. The smallest absolute Gasteiger partial charge is 0.158 e. The van der Waals surface area contributed by atoms with Crippen LogP contribution in [0.5, 0.6) is 0 Å². The Balaban J connectivity index is 2.47. The lowest BCUT2D eigenvalue weighted by Gasteiger charge is -2.08. The second-order valence-corrected chi connectivity index (χ2v) is 3.70. The summed E-state index contributed by atoms with van der Waals surface area (Å²) in [6.45, 7) is 9.90. The molecule has 1 atom stereocenters. The first-order valence-corrected chi connectivity index (χ1v) is 5.12. The fraction of sp³-hybridized carbons (Fsp3) is 0.250. The molecule has 4 nitrogen and oxygen atoms in total. The average Bonchev–Trinajstić information content (AvgIpc) is 2.68. The quantitative estimate of drug-likeness (QED) is 0.577. The molecule has 0 radical (unpaired) electrons. The van der Waals surface area contributed by atoms with Crippen LogP contribution in [0.2, 0.25) is 0 Å². The van der Waals surface area contributed by atoms with Gasteiger partial charge in [0.25, 0.3) is 0 Å². The van der Waals surface area contributed by atoms with Crippen molar-refractivity contribution in [2.45, 2.75) is 12.8 Å². The van der Waals surface area contributed by atoms with Crippen LogP contribution in [0.4, 0.5) is 0 Å². The summed E-state index contributed by atoms with van der Waals surface area (Å²) < 4.78 is 1.76. The minimum absolute atomic E-state index is 0.122. The zero-order valence-corrected chi connectivity index (χ0v) is 9.30. The van der Waals surface area contributed by atoms with Gasteiger partial charge in [0.15, 0.2) is 5.65 Å². The summed E-state index contributed by atoms with van der Waals surface area (Å²) in [6, 6.07) is 1.94. The van der Waals surface area contributed by atoms with Crippen molar-refractivity contribution >= 4 is 12.4 Å². The lowest BCUT2D eigenvalue weighted by molar-refractivity contribution is 0.808. The molecule has 0 N–H and O–H groups in total. The standard InChI is InChI=1S/C12H14N4/c1-4-10(8-13-3)11-5-6-16-12(15-11)9(2)7-14-16/h4-7,10H,1,3,8H2,2H3. The van der Waals surface area contributed by atoms with Crippen molar-refractivity contribution in [3.05, 3.63) is 42.4 Å². The predicted molar refractivity (Wildman–Crippen MR) is 65.1 cm³/mol. The molecule has 0 aliphatic carbocycles. The molecular weight excluding hydrogens is 200 g/mol. The Kier molecular flexibility index (Phi) is 2.81. The number of aliphatic imine (C=N–C) groups is 1. The summed E-state index contributed by atoms with van der Waals surface area (Å²) in [7, 11) is 0. The Hall–Kier alpha value is -1.97. The first-order chi connectivity index (χ1) is 7.76. The number of rotatable bonds is 4. The molecule has 0 saturated carbocycles. The molecule has 0 fully saturated rings. The van der Waals surface area contributed by atoms with Crippen molar-refractivity contribution in [3.63, 3.8) is 0 Å². The first-order valence-electron chi connectivity index (χ1n) is 5.12. The Morgan fingerprint density at radius 2 is 2.44 bits per heavy atom. The molecular formula is C12H14N4. The van der Waals surface area contributed by atoms with E-state index in [4.69, 9.17) is 0 Å². The van der Waals surface area contributed by atoms with Crippen LogP contribution < -0.4 is 0 Å². The highest BCUT2D eigenvalue weighted by Crippen LogP contribution is 2.16. The summed E-state index contributed by atoms with van der Waals surface area (Å²) in [5.41, 5.74) is 2.91. The molecule has 0 aliphatic rings. The minimum atomic E-state index is 0.122.